The molecule has 1 fully saturated rings. The van der Waals surface area contributed by atoms with Crippen LogP contribution < -0.4 is 16.1 Å². The fourth-order valence-electron chi connectivity index (χ4n) is 4.22. The Kier molecular flexibility index (Phi) is 4.97. The topological polar surface area (TPSA) is 99.7 Å². The summed E-state index contributed by atoms with van der Waals surface area (Å²) in [7, 11) is 0. The summed E-state index contributed by atoms with van der Waals surface area (Å²) in [6.07, 6.45) is 0. The quantitative estimate of drug-likeness (QED) is 0.688. The van der Waals surface area contributed by atoms with Gasteiger partial charge in [0.15, 0.2) is 0 Å². The monoisotopic (exact) mass is 424 g/mol. The molecule has 2 heterocycles. The number of para-hydroxylation sites is 1. The van der Waals surface area contributed by atoms with Gasteiger partial charge >= 0.3 is 0 Å². The number of rotatable bonds is 5. The van der Waals surface area contributed by atoms with Crippen LogP contribution in [0, 0.1) is 24.2 Å². The number of carbonyl (C=O) groups excluding carboxylic acids is 3. The lowest BCUT2D eigenvalue weighted by Gasteiger charge is -2.22. The van der Waals surface area contributed by atoms with Gasteiger partial charge in [-0.15, -0.1) is 11.3 Å². The number of hydrogen-bond acceptors (Lipinski definition) is 5. The van der Waals surface area contributed by atoms with E-state index < -0.39 is 17.3 Å². The van der Waals surface area contributed by atoms with Gasteiger partial charge in [-0.25, -0.2) is 5.43 Å². The molecule has 0 bridgehead atoms. The Labute approximate surface area is 178 Å². The number of aryl methyl sites for hydroxylation is 1. The summed E-state index contributed by atoms with van der Waals surface area (Å²) in [6.45, 7) is 7.61. The number of benzene rings is 1. The molecule has 1 aliphatic carbocycles. The molecule has 156 valence electrons. The Morgan fingerprint density at radius 1 is 1.20 bits per heavy atom. The predicted molar refractivity (Wildman–Crippen MR) is 116 cm³/mol. The van der Waals surface area contributed by atoms with Crippen molar-refractivity contribution in [3.63, 3.8) is 0 Å². The molecule has 3 atom stereocenters. The maximum atomic E-state index is 12.7. The Morgan fingerprint density at radius 2 is 1.93 bits per heavy atom. The summed E-state index contributed by atoms with van der Waals surface area (Å²) in [5, 5.41) is 10.2. The molecule has 0 saturated heterocycles. The number of amides is 3. The third kappa shape index (κ3) is 3.31. The molecular weight excluding hydrogens is 400 g/mol. The zero-order chi connectivity index (χ0) is 21.6. The maximum absolute atomic E-state index is 12.7. The summed E-state index contributed by atoms with van der Waals surface area (Å²) < 4.78 is 0. The van der Waals surface area contributed by atoms with E-state index in [0.29, 0.717) is 21.8 Å². The van der Waals surface area contributed by atoms with E-state index >= 15 is 0 Å². The Balaban J connectivity index is 1.66. The van der Waals surface area contributed by atoms with Crippen LogP contribution in [0.4, 0.5) is 5.69 Å². The highest BCUT2D eigenvalue weighted by Crippen LogP contribution is 2.62. The highest BCUT2D eigenvalue weighted by molar-refractivity contribution is 7.14. The molecule has 30 heavy (non-hydrogen) atoms. The lowest BCUT2D eigenvalue weighted by Crippen LogP contribution is -2.35. The van der Waals surface area contributed by atoms with E-state index in [0.717, 1.165) is 4.88 Å². The van der Waals surface area contributed by atoms with Crippen LogP contribution >= 0.6 is 11.3 Å². The average molecular weight is 425 g/mol. The summed E-state index contributed by atoms with van der Waals surface area (Å²) in [5.41, 5.74) is 3.74. The maximum Gasteiger partial charge on any atom is 0.265 e. The standard InChI is InChI=1S/C22H24N4O3S/c1-11(2)23-20(28)16-17-21(29)26-25-18(22(16,17)4)13-7-5-6-8-14(13)24-19(27)15-10-9-12(3)30-15/h5-11,16-17H,1-4H3,(H,23,28)(H,24,27)(H,26,29)/t16-,17?,22+/m0/s1. The van der Waals surface area contributed by atoms with Crippen molar-refractivity contribution in [3.05, 3.63) is 51.7 Å². The normalized spacial score (nSPS) is 24.6. The number of fused-ring (bicyclic) bond motifs is 1. The van der Waals surface area contributed by atoms with E-state index in [1.54, 1.807) is 12.1 Å². The zero-order valence-corrected chi connectivity index (χ0v) is 18.1. The lowest BCUT2D eigenvalue weighted by atomic mass is 9.89. The van der Waals surface area contributed by atoms with Gasteiger partial charge in [-0.1, -0.05) is 25.1 Å². The minimum Gasteiger partial charge on any atom is -0.354 e. The third-order valence-electron chi connectivity index (χ3n) is 5.69. The summed E-state index contributed by atoms with van der Waals surface area (Å²) >= 11 is 1.42. The largest absolute Gasteiger partial charge is 0.354 e. The van der Waals surface area contributed by atoms with Gasteiger partial charge in [0.05, 0.1) is 28.1 Å². The van der Waals surface area contributed by atoms with Gasteiger partial charge in [0.1, 0.15) is 0 Å². The number of hydrazone groups is 1. The fourth-order valence-corrected chi connectivity index (χ4v) is 4.98. The van der Waals surface area contributed by atoms with Crippen LogP contribution in [0.3, 0.4) is 0 Å². The zero-order valence-electron chi connectivity index (χ0n) is 17.3. The van der Waals surface area contributed by atoms with Gasteiger partial charge in [0.25, 0.3) is 5.91 Å². The summed E-state index contributed by atoms with van der Waals surface area (Å²) in [6, 6.07) is 11.0. The molecule has 4 rings (SSSR count). The summed E-state index contributed by atoms with van der Waals surface area (Å²) in [5.74, 6) is -1.58. The van der Waals surface area contributed by atoms with Gasteiger partial charge in [0.2, 0.25) is 11.8 Å². The van der Waals surface area contributed by atoms with Gasteiger partial charge < -0.3 is 10.6 Å². The van der Waals surface area contributed by atoms with Crippen molar-refractivity contribution < 1.29 is 14.4 Å². The molecule has 8 heteroatoms. The van der Waals surface area contributed by atoms with Crippen molar-refractivity contribution in [2.24, 2.45) is 22.4 Å². The predicted octanol–water partition coefficient (Wildman–Crippen LogP) is 2.92. The first-order valence-electron chi connectivity index (χ1n) is 9.89. The number of carbonyl (C=O) groups is 3. The first-order chi connectivity index (χ1) is 14.2. The van der Waals surface area contributed by atoms with E-state index in [1.807, 2.05) is 52.0 Å². The minimum absolute atomic E-state index is 0.0203. The second kappa shape index (κ2) is 7.36. The number of anilines is 1. The molecule has 2 aliphatic rings. The molecule has 7 nitrogen and oxygen atoms in total. The van der Waals surface area contributed by atoms with Crippen molar-refractivity contribution in [2.75, 3.05) is 5.32 Å². The van der Waals surface area contributed by atoms with E-state index in [-0.39, 0.29) is 23.8 Å². The van der Waals surface area contributed by atoms with E-state index in [1.165, 1.54) is 11.3 Å². The van der Waals surface area contributed by atoms with Crippen LogP contribution in [0.2, 0.25) is 0 Å². The van der Waals surface area contributed by atoms with Crippen molar-refractivity contribution >= 4 is 40.5 Å². The number of thiophene rings is 1. The minimum atomic E-state index is -0.721. The molecule has 1 aromatic heterocycles. The van der Waals surface area contributed by atoms with Crippen LogP contribution in [0.15, 0.2) is 41.5 Å². The molecule has 1 unspecified atom stereocenters. The third-order valence-corrected chi connectivity index (χ3v) is 6.69. The first-order valence-corrected chi connectivity index (χ1v) is 10.7. The van der Waals surface area contributed by atoms with E-state index in [2.05, 4.69) is 21.2 Å². The average Bonchev–Trinajstić information content (AvgIpc) is 3.11. The van der Waals surface area contributed by atoms with Crippen molar-refractivity contribution in [1.82, 2.24) is 10.7 Å². The van der Waals surface area contributed by atoms with Gasteiger partial charge in [0, 0.05) is 21.9 Å². The van der Waals surface area contributed by atoms with Crippen molar-refractivity contribution in [1.29, 1.82) is 0 Å². The number of nitrogens with zero attached hydrogens (tertiary/aromatic N) is 1. The second-order valence-corrected chi connectivity index (χ2v) is 9.54. The Morgan fingerprint density at radius 3 is 2.60 bits per heavy atom. The van der Waals surface area contributed by atoms with Crippen LogP contribution in [0.1, 0.15) is 40.9 Å². The molecular formula is C22H24N4O3S. The number of nitrogens with one attached hydrogen (secondary N) is 3. The van der Waals surface area contributed by atoms with Crippen LogP contribution in [0.5, 0.6) is 0 Å². The molecule has 3 N–H and O–H groups in total. The van der Waals surface area contributed by atoms with Crippen molar-refractivity contribution in [2.45, 2.75) is 33.7 Å². The highest BCUT2D eigenvalue weighted by atomic mass is 32.1. The SMILES string of the molecule is Cc1ccc(C(=O)Nc2ccccc2C2=NNC(=O)C3[C@@H](C(=O)NC(C)C)[C@@]23C)s1. The van der Waals surface area contributed by atoms with Gasteiger partial charge in [-0.2, -0.15) is 5.10 Å². The van der Waals surface area contributed by atoms with Gasteiger partial charge in [-0.05, 0) is 39.0 Å². The van der Waals surface area contributed by atoms with Crippen molar-refractivity contribution in [3.8, 4) is 0 Å². The van der Waals surface area contributed by atoms with Crippen LogP contribution in [-0.2, 0) is 9.59 Å². The molecule has 0 spiro atoms. The molecule has 1 aliphatic heterocycles. The van der Waals surface area contributed by atoms with E-state index in [9.17, 15) is 14.4 Å². The first kappa shape index (κ1) is 20.3. The highest BCUT2D eigenvalue weighted by Gasteiger charge is 2.72. The van der Waals surface area contributed by atoms with Crippen LogP contribution in [0.25, 0.3) is 0 Å². The molecule has 2 aromatic rings. The lowest BCUT2D eigenvalue weighted by molar-refractivity contribution is -0.127. The number of hydrogen-bond donors (Lipinski definition) is 3. The van der Waals surface area contributed by atoms with Gasteiger partial charge in [-0.3, -0.25) is 14.4 Å². The van der Waals surface area contributed by atoms with Crippen LogP contribution in [-0.4, -0.2) is 29.5 Å². The second-order valence-electron chi connectivity index (χ2n) is 8.25. The molecule has 3 amide bonds. The molecule has 0 radical (unpaired) electrons. The molecule has 1 saturated carbocycles. The summed E-state index contributed by atoms with van der Waals surface area (Å²) in [4.78, 5) is 39.5. The smallest absolute Gasteiger partial charge is 0.265 e. The van der Waals surface area contributed by atoms with E-state index in [4.69, 9.17) is 0 Å². The Bertz CT molecular complexity index is 1070. The Hall–Kier alpha value is -3.00. The fraction of sp³-hybridized carbons (Fsp3) is 0.364. The molecule has 1 aromatic carbocycles.